The van der Waals surface area contributed by atoms with Gasteiger partial charge >= 0.3 is 0 Å². The van der Waals surface area contributed by atoms with Gasteiger partial charge in [0.2, 0.25) is 0 Å². The number of anilines is 1. The molecule has 1 aliphatic heterocycles. The van der Waals surface area contributed by atoms with E-state index in [0.29, 0.717) is 0 Å². The van der Waals surface area contributed by atoms with E-state index in [1.165, 1.54) is 16.7 Å². The van der Waals surface area contributed by atoms with Crippen molar-refractivity contribution in [3.63, 3.8) is 0 Å². The van der Waals surface area contributed by atoms with Crippen molar-refractivity contribution < 1.29 is 9.53 Å². The highest BCUT2D eigenvalue weighted by Gasteiger charge is 2.30. The van der Waals surface area contributed by atoms with Crippen LogP contribution < -0.4 is 9.64 Å². The molecule has 1 aliphatic rings. The molecule has 3 nitrogen and oxygen atoms in total. The zero-order valence-corrected chi connectivity index (χ0v) is 13.3. The van der Waals surface area contributed by atoms with Gasteiger partial charge in [-0.25, -0.2) is 0 Å². The van der Waals surface area contributed by atoms with E-state index in [1.807, 2.05) is 48.2 Å². The fourth-order valence-electron chi connectivity index (χ4n) is 2.96. The number of carbonyl (C=O) groups is 1. The van der Waals surface area contributed by atoms with Gasteiger partial charge in [-0.3, -0.25) is 4.79 Å². The second-order valence-corrected chi connectivity index (χ2v) is 5.98. The highest BCUT2D eigenvalue weighted by atomic mass is 16.5. The van der Waals surface area contributed by atoms with Gasteiger partial charge in [-0.05, 0) is 62.1 Å². The maximum atomic E-state index is 12.5. The summed E-state index contributed by atoms with van der Waals surface area (Å²) in [6, 6.07) is 14.2. The van der Waals surface area contributed by atoms with E-state index < -0.39 is 0 Å². The van der Waals surface area contributed by atoms with Gasteiger partial charge in [-0.15, -0.1) is 0 Å². The smallest absolute Gasteiger partial charge is 0.265 e. The Morgan fingerprint density at radius 3 is 2.73 bits per heavy atom. The van der Waals surface area contributed by atoms with Crippen LogP contribution in [0.1, 0.15) is 23.6 Å². The van der Waals surface area contributed by atoms with E-state index in [0.717, 1.165) is 17.9 Å². The molecule has 0 aliphatic carbocycles. The average Bonchev–Trinajstić information content (AvgIpc) is 2.84. The lowest BCUT2D eigenvalue weighted by Gasteiger charge is -2.22. The molecule has 114 valence electrons. The van der Waals surface area contributed by atoms with Crippen molar-refractivity contribution in [2.24, 2.45) is 0 Å². The van der Waals surface area contributed by atoms with Crippen LogP contribution in [0.15, 0.2) is 42.5 Å². The first kappa shape index (κ1) is 14.6. The molecule has 22 heavy (non-hydrogen) atoms. The maximum Gasteiger partial charge on any atom is 0.265 e. The average molecular weight is 295 g/mol. The normalized spacial score (nSPS) is 16.5. The molecule has 0 unspecified atom stereocenters. The Kier molecular flexibility index (Phi) is 3.88. The molecule has 1 amide bonds. The van der Waals surface area contributed by atoms with Crippen molar-refractivity contribution in [1.82, 2.24) is 0 Å². The number of benzene rings is 2. The molecular weight excluding hydrogens is 274 g/mol. The molecule has 1 atom stereocenters. The van der Waals surface area contributed by atoms with Crippen LogP contribution in [0.25, 0.3) is 0 Å². The summed E-state index contributed by atoms with van der Waals surface area (Å²) in [7, 11) is 0. The third-order valence-corrected chi connectivity index (χ3v) is 4.32. The summed E-state index contributed by atoms with van der Waals surface area (Å²) < 4.78 is 5.69. The van der Waals surface area contributed by atoms with Crippen LogP contribution in [0.5, 0.6) is 5.75 Å². The van der Waals surface area contributed by atoms with Crippen molar-refractivity contribution in [1.29, 1.82) is 0 Å². The molecule has 0 N–H and O–H groups in total. The SMILES string of the molecule is Cc1ccc(OCC(=O)N2c3ccccc3C[C@@H]2C)cc1C. The monoisotopic (exact) mass is 295 g/mol. The lowest BCUT2D eigenvalue weighted by Crippen LogP contribution is -2.39. The largest absolute Gasteiger partial charge is 0.484 e. The molecule has 0 aromatic heterocycles. The zero-order chi connectivity index (χ0) is 15.7. The van der Waals surface area contributed by atoms with Crippen LogP contribution >= 0.6 is 0 Å². The van der Waals surface area contributed by atoms with Crippen LogP contribution in [0.2, 0.25) is 0 Å². The van der Waals surface area contributed by atoms with E-state index in [9.17, 15) is 4.79 Å². The van der Waals surface area contributed by atoms with Crippen LogP contribution in [-0.4, -0.2) is 18.6 Å². The predicted molar refractivity (Wildman–Crippen MR) is 88.5 cm³/mol. The zero-order valence-electron chi connectivity index (χ0n) is 13.3. The Morgan fingerprint density at radius 1 is 1.18 bits per heavy atom. The van der Waals surface area contributed by atoms with Crippen LogP contribution in [0.3, 0.4) is 0 Å². The number of hydrogen-bond acceptors (Lipinski definition) is 2. The highest BCUT2D eigenvalue weighted by molar-refractivity contribution is 5.97. The lowest BCUT2D eigenvalue weighted by atomic mass is 10.1. The molecule has 0 spiro atoms. The van der Waals surface area contributed by atoms with Crippen molar-refractivity contribution in [3.8, 4) is 5.75 Å². The van der Waals surface area contributed by atoms with Crippen LogP contribution in [-0.2, 0) is 11.2 Å². The van der Waals surface area contributed by atoms with Crippen molar-refractivity contribution in [2.75, 3.05) is 11.5 Å². The first-order chi connectivity index (χ1) is 10.6. The predicted octanol–water partition coefficient (Wildman–Crippen LogP) is 3.66. The minimum Gasteiger partial charge on any atom is -0.484 e. The van der Waals surface area contributed by atoms with Gasteiger partial charge < -0.3 is 9.64 Å². The molecule has 0 saturated heterocycles. The standard InChI is InChI=1S/C19H21NO2/c1-13-8-9-17(10-14(13)2)22-12-19(21)20-15(3)11-16-6-4-5-7-18(16)20/h4-10,15H,11-12H2,1-3H3/t15-/m0/s1. The summed E-state index contributed by atoms with van der Waals surface area (Å²) >= 11 is 0. The molecular formula is C19H21NO2. The van der Waals surface area contributed by atoms with Crippen molar-refractivity contribution in [2.45, 2.75) is 33.2 Å². The molecule has 0 fully saturated rings. The Hall–Kier alpha value is -2.29. The van der Waals surface area contributed by atoms with E-state index in [2.05, 4.69) is 19.9 Å². The van der Waals surface area contributed by atoms with E-state index in [4.69, 9.17) is 4.74 Å². The van der Waals surface area contributed by atoms with E-state index in [1.54, 1.807) is 0 Å². The topological polar surface area (TPSA) is 29.5 Å². The molecule has 0 bridgehead atoms. The minimum absolute atomic E-state index is 0.00989. The van der Waals surface area contributed by atoms with Gasteiger partial charge in [0.1, 0.15) is 5.75 Å². The minimum atomic E-state index is 0.00989. The molecule has 3 heteroatoms. The number of carbonyl (C=O) groups excluding carboxylic acids is 1. The van der Waals surface area contributed by atoms with Gasteiger partial charge in [-0.1, -0.05) is 24.3 Å². The van der Waals surface area contributed by atoms with Crippen molar-refractivity contribution >= 4 is 11.6 Å². The summed E-state index contributed by atoms with van der Waals surface area (Å²) in [5.74, 6) is 0.757. The third-order valence-electron chi connectivity index (χ3n) is 4.32. The number of para-hydroxylation sites is 1. The molecule has 3 rings (SSSR count). The Balaban J connectivity index is 1.71. The molecule has 0 saturated carbocycles. The van der Waals surface area contributed by atoms with Gasteiger partial charge in [0.05, 0.1) is 0 Å². The van der Waals surface area contributed by atoms with Gasteiger partial charge in [0.15, 0.2) is 6.61 Å². The fraction of sp³-hybridized carbons (Fsp3) is 0.316. The highest BCUT2D eigenvalue weighted by Crippen LogP contribution is 2.31. The number of hydrogen-bond donors (Lipinski definition) is 0. The molecule has 1 heterocycles. The first-order valence-electron chi connectivity index (χ1n) is 7.66. The van der Waals surface area contributed by atoms with Crippen LogP contribution in [0.4, 0.5) is 5.69 Å². The number of amides is 1. The summed E-state index contributed by atoms with van der Waals surface area (Å²) in [5, 5.41) is 0. The number of fused-ring (bicyclic) bond motifs is 1. The number of nitrogens with zero attached hydrogens (tertiary/aromatic N) is 1. The third kappa shape index (κ3) is 2.71. The number of ether oxygens (including phenoxy) is 1. The maximum absolute atomic E-state index is 12.5. The fourth-order valence-corrected chi connectivity index (χ4v) is 2.96. The summed E-state index contributed by atoms with van der Waals surface area (Å²) in [4.78, 5) is 14.4. The number of aryl methyl sites for hydroxylation is 2. The lowest BCUT2D eigenvalue weighted by molar-refractivity contribution is -0.120. The second-order valence-electron chi connectivity index (χ2n) is 5.98. The Bertz CT molecular complexity index is 708. The molecule has 2 aromatic rings. The summed E-state index contributed by atoms with van der Waals surface area (Å²) in [5.41, 5.74) is 4.64. The molecule has 0 radical (unpaired) electrons. The van der Waals surface area contributed by atoms with Crippen LogP contribution in [0, 0.1) is 13.8 Å². The summed E-state index contributed by atoms with van der Waals surface area (Å²) in [6.07, 6.45) is 0.908. The van der Waals surface area contributed by atoms with E-state index >= 15 is 0 Å². The molecule has 2 aromatic carbocycles. The van der Waals surface area contributed by atoms with Gasteiger partial charge in [0, 0.05) is 11.7 Å². The Morgan fingerprint density at radius 2 is 1.95 bits per heavy atom. The first-order valence-corrected chi connectivity index (χ1v) is 7.66. The van der Waals surface area contributed by atoms with E-state index in [-0.39, 0.29) is 18.6 Å². The second kappa shape index (κ2) is 5.84. The summed E-state index contributed by atoms with van der Waals surface area (Å²) in [6.45, 7) is 6.25. The quantitative estimate of drug-likeness (QED) is 0.865. The Labute approximate surface area is 131 Å². The van der Waals surface area contributed by atoms with Crippen molar-refractivity contribution in [3.05, 3.63) is 59.2 Å². The van der Waals surface area contributed by atoms with Gasteiger partial charge in [-0.2, -0.15) is 0 Å². The number of rotatable bonds is 3. The van der Waals surface area contributed by atoms with Gasteiger partial charge in [0.25, 0.3) is 5.91 Å².